The topological polar surface area (TPSA) is 84.4 Å². The number of ether oxygens (including phenoxy) is 1. The van der Waals surface area contributed by atoms with Crippen molar-refractivity contribution in [2.45, 2.75) is 6.92 Å². The van der Waals surface area contributed by atoms with Crippen LogP contribution in [0.5, 0.6) is 0 Å². The predicted octanol–water partition coefficient (Wildman–Crippen LogP) is 1.51. The average Bonchev–Trinajstić information content (AvgIpc) is 2.63. The Kier molecular flexibility index (Phi) is 4.81. The number of nitrogens with zero attached hydrogens (tertiary/aromatic N) is 3. The fraction of sp³-hybridized carbons (Fsp3) is 0.294. The molecular formula is C17H18N4O3. The molecule has 1 aliphatic heterocycles. The first kappa shape index (κ1) is 16.1. The third-order valence-corrected chi connectivity index (χ3v) is 3.74. The van der Waals surface area contributed by atoms with E-state index in [2.05, 4.69) is 15.3 Å². The molecule has 0 unspecified atom stereocenters. The summed E-state index contributed by atoms with van der Waals surface area (Å²) in [5, 5.41) is 2.67. The standard InChI is InChI=1S/C17H18N4O3/c1-12-2-4-13(5-3-12)16(22)20-15-14(18-6-7-19-15)17(23)21-8-10-24-11-9-21/h2-7H,8-11H2,1H3,(H,19,20,22). The maximum Gasteiger partial charge on any atom is 0.276 e. The van der Waals surface area contributed by atoms with Crippen LogP contribution in [-0.4, -0.2) is 53.0 Å². The van der Waals surface area contributed by atoms with E-state index in [-0.39, 0.29) is 23.3 Å². The number of amides is 2. The number of hydrogen-bond acceptors (Lipinski definition) is 5. The number of hydrogen-bond donors (Lipinski definition) is 1. The third kappa shape index (κ3) is 3.57. The number of nitrogens with one attached hydrogen (secondary N) is 1. The number of morpholine rings is 1. The van der Waals surface area contributed by atoms with Crippen molar-refractivity contribution in [3.63, 3.8) is 0 Å². The Hall–Kier alpha value is -2.80. The second-order valence-electron chi connectivity index (χ2n) is 5.48. The minimum atomic E-state index is -0.327. The van der Waals surface area contributed by atoms with Crippen LogP contribution in [0.25, 0.3) is 0 Å². The van der Waals surface area contributed by atoms with Crippen molar-refractivity contribution in [3.05, 3.63) is 53.5 Å². The van der Waals surface area contributed by atoms with Gasteiger partial charge in [-0.3, -0.25) is 9.59 Å². The summed E-state index contributed by atoms with van der Waals surface area (Å²) in [5.74, 6) is -0.420. The van der Waals surface area contributed by atoms with Gasteiger partial charge in [-0.1, -0.05) is 17.7 Å². The number of carbonyl (C=O) groups is 2. The number of aryl methyl sites for hydroxylation is 1. The molecule has 0 bridgehead atoms. The Labute approximate surface area is 139 Å². The lowest BCUT2D eigenvalue weighted by molar-refractivity contribution is 0.0299. The van der Waals surface area contributed by atoms with Crippen LogP contribution in [0, 0.1) is 6.92 Å². The van der Waals surface area contributed by atoms with E-state index in [4.69, 9.17) is 4.74 Å². The summed E-state index contributed by atoms with van der Waals surface area (Å²) in [6, 6.07) is 7.16. The molecule has 0 saturated carbocycles. The zero-order chi connectivity index (χ0) is 16.9. The van der Waals surface area contributed by atoms with Gasteiger partial charge >= 0.3 is 0 Å². The zero-order valence-electron chi connectivity index (χ0n) is 13.4. The van der Waals surface area contributed by atoms with E-state index in [9.17, 15) is 9.59 Å². The molecule has 0 atom stereocenters. The van der Waals surface area contributed by atoms with E-state index >= 15 is 0 Å². The summed E-state index contributed by atoms with van der Waals surface area (Å²) in [6.45, 7) is 3.94. The summed E-state index contributed by atoms with van der Waals surface area (Å²) < 4.78 is 5.25. The van der Waals surface area contributed by atoms with Gasteiger partial charge < -0.3 is 15.0 Å². The lowest BCUT2D eigenvalue weighted by atomic mass is 10.1. The van der Waals surface area contributed by atoms with Crippen molar-refractivity contribution in [2.24, 2.45) is 0 Å². The van der Waals surface area contributed by atoms with Crippen LogP contribution in [0.2, 0.25) is 0 Å². The minimum absolute atomic E-state index is 0.139. The molecule has 3 rings (SSSR count). The van der Waals surface area contributed by atoms with Crippen LogP contribution < -0.4 is 5.32 Å². The summed E-state index contributed by atoms with van der Waals surface area (Å²) in [6.07, 6.45) is 2.88. The normalized spacial score (nSPS) is 14.3. The summed E-state index contributed by atoms with van der Waals surface area (Å²) in [4.78, 5) is 34.8. The number of anilines is 1. The van der Waals surface area contributed by atoms with Gasteiger partial charge in [0, 0.05) is 31.0 Å². The van der Waals surface area contributed by atoms with Gasteiger partial charge in [0.2, 0.25) is 0 Å². The first-order valence-electron chi connectivity index (χ1n) is 7.71. The van der Waals surface area contributed by atoms with Crippen LogP contribution in [0.1, 0.15) is 26.4 Å². The highest BCUT2D eigenvalue weighted by Crippen LogP contribution is 2.14. The van der Waals surface area contributed by atoms with Gasteiger partial charge in [0.25, 0.3) is 11.8 Å². The number of aromatic nitrogens is 2. The van der Waals surface area contributed by atoms with Crippen LogP contribution in [-0.2, 0) is 4.74 Å². The number of rotatable bonds is 3. The highest BCUT2D eigenvalue weighted by atomic mass is 16.5. The van der Waals surface area contributed by atoms with Crippen molar-refractivity contribution in [3.8, 4) is 0 Å². The molecule has 1 aliphatic rings. The van der Waals surface area contributed by atoms with Crippen molar-refractivity contribution in [2.75, 3.05) is 31.6 Å². The summed E-state index contributed by atoms with van der Waals surface area (Å²) in [7, 11) is 0. The first-order valence-corrected chi connectivity index (χ1v) is 7.71. The molecule has 1 N–H and O–H groups in total. The van der Waals surface area contributed by atoms with Crippen LogP contribution in [0.4, 0.5) is 5.82 Å². The fourth-order valence-corrected chi connectivity index (χ4v) is 2.39. The molecule has 7 nitrogen and oxygen atoms in total. The summed E-state index contributed by atoms with van der Waals surface area (Å²) in [5.41, 5.74) is 1.70. The molecule has 2 amide bonds. The Morgan fingerprint density at radius 2 is 1.75 bits per heavy atom. The Balaban J connectivity index is 1.79. The van der Waals surface area contributed by atoms with E-state index < -0.39 is 0 Å². The molecule has 1 fully saturated rings. The second kappa shape index (κ2) is 7.18. The largest absolute Gasteiger partial charge is 0.378 e. The number of benzene rings is 1. The molecular weight excluding hydrogens is 308 g/mol. The SMILES string of the molecule is Cc1ccc(C(=O)Nc2nccnc2C(=O)N2CCOCC2)cc1. The monoisotopic (exact) mass is 326 g/mol. The Bertz CT molecular complexity index is 740. The van der Waals surface area contributed by atoms with Crippen LogP contribution in [0.3, 0.4) is 0 Å². The average molecular weight is 326 g/mol. The van der Waals surface area contributed by atoms with Crippen LogP contribution >= 0.6 is 0 Å². The Morgan fingerprint density at radius 1 is 1.08 bits per heavy atom. The van der Waals surface area contributed by atoms with Crippen LogP contribution in [0.15, 0.2) is 36.7 Å². The minimum Gasteiger partial charge on any atom is -0.378 e. The van der Waals surface area contributed by atoms with Crippen molar-refractivity contribution < 1.29 is 14.3 Å². The smallest absolute Gasteiger partial charge is 0.276 e. The highest BCUT2D eigenvalue weighted by Gasteiger charge is 2.24. The van der Waals surface area contributed by atoms with Gasteiger partial charge in [-0.05, 0) is 19.1 Å². The quantitative estimate of drug-likeness (QED) is 0.924. The third-order valence-electron chi connectivity index (χ3n) is 3.74. The van der Waals surface area contributed by atoms with Gasteiger partial charge in [0.15, 0.2) is 11.5 Å². The molecule has 1 saturated heterocycles. The summed E-state index contributed by atoms with van der Waals surface area (Å²) >= 11 is 0. The lowest BCUT2D eigenvalue weighted by Gasteiger charge is -2.26. The van der Waals surface area contributed by atoms with Crippen molar-refractivity contribution in [1.29, 1.82) is 0 Å². The molecule has 7 heteroatoms. The molecule has 0 aliphatic carbocycles. The van der Waals surface area contributed by atoms with Gasteiger partial charge in [-0.25, -0.2) is 9.97 Å². The van der Waals surface area contributed by atoms with Gasteiger partial charge in [-0.2, -0.15) is 0 Å². The molecule has 24 heavy (non-hydrogen) atoms. The molecule has 2 heterocycles. The van der Waals surface area contributed by atoms with Gasteiger partial charge in [-0.15, -0.1) is 0 Å². The van der Waals surface area contributed by atoms with Gasteiger partial charge in [0.05, 0.1) is 13.2 Å². The lowest BCUT2D eigenvalue weighted by Crippen LogP contribution is -2.41. The predicted molar refractivity (Wildman–Crippen MR) is 87.9 cm³/mol. The second-order valence-corrected chi connectivity index (χ2v) is 5.48. The van der Waals surface area contributed by atoms with E-state index in [0.29, 0.717) is 31.9 Å². The zero-order valence-corrected chi connectivity index (χ0v) is 13.4. The number of carbonyl (C=O) groups excluding carboxylic acids is 2. The van der Waals surface area contributed by atoms with Crippen molar-refractivity contribution >= 4 is 17.6 Å². The van der Waals surface area contributed by atoms with E-state index in [1.54, 1.807) is 17.0 Å². The molecule has 124 valence electrons. The molecule has 1 aromatic heterocycles. The van der Waals surface area contributed by atoms with E-state index in [1.807, 2.05) is 19.1 Å². The molecule has 1 aromatic carbocycles. The van der Waals surface area contributed by atoms with Gasteiger partial charge in [0.1, 0.15) is 0 Å². The van der Waals surface area contributed by atoms with E-state index in [0.717, 1.165) is 5.56 Å². The Morgan fingerprint density at radius 3 is 2.46 bits per heavy atom. The molecule has 0 radical (unpaired) electrons. The molecule has 2 aromatic rings. The van der Waals surface area contributed by atoms with Crippen molar-refractivity contribution in [1.82, 2.24) is 14.9 Å². The first-order chi connectivity index (χ1) is 11.6. The fourth-order valence-electron chi connectivity index (χ4n) is 2.39. The maximum atomic E-state index is 12.6. The van der Waals surface area contributed by atoms with E-state index in [1.165, 1.54) is 12.4 Å². The highest BCUT2D eigenvalue weighted by molar-refractivity contribution is 6.07. The maximum absolute atomic E-state index is 12.6. The molecule has 0 spiro atoms.